The summed E-state index contributed by atoms with van der Waals surface area (Å²) < 4.78 is 0. The number of aromatic nitrogens is 1. The number of nitrogens with two attached hydrogens (primary N) is 1. The lowest BCUT2D eigenvalue weighted by atomic mass is 9.91. The summed E-state index contributed by atoms with van der Waals surface area (Å²) in [7, 11) is 0. The molecule has 2 aromatic rings. The molecule has 1 aromatic carbocycles. The van der Waals surface area contributed by atoms with E-state index in [1.807, 2.05) is 31.2 Å². The fraction of sp³-hybridized carbons (Fsp3) is 0.333. The molecule has 1 aromatic heterocycles. The number of fused-ring (bicyclic) bond motifs is 1. The number of benzene rings is 1. The Bertz CT molecular complexity index is 678. The minimum Gasteiger partial charge on any atom is -0.398 e. The van der Waals surface area contributed by atoms with Gasteiger partial charge in [0.15, 0.2) is 0 Å². The van der Waals surface area contributed by atoms with E-state index in [9.17, 15) is 9.90 Å². The molecule has 0 spiro atoms. The van der Waals surface area contributed by atoms with E-state index in [1.165, 1.54) is 0 Å². The molecule has 5 nitrogen and oxygen atoms in total. The van der Waals surface area contributed by atoms with E-state index in [1.54, 1.807) is 11.0 Å². The highest BCUT2D eigenvalue weighted by Gasteiger charge is 2.42. The monoisotopic (exact) mass is 271 g/mol. The predicted octanol–water partition coefficient (Wildman–Crippen LogP) is 1.41. The molecule has 0 aliphatic carbocycles. The number of pyridine rings is 1. The molecule has 0 bridgehead atoms. The Labute approximate surface area is 117 Å². The van der Waals surface area contributed by atoms with Gasteiger partial charge >= 0.3 is 0 Å². The van der Waals surface area contributed by atoms with Gasteiger partial charge in [-0.3, -0.25) is 4.79 Å². The summed E-state index contributed by atoms with van der Waals surface area (Å²) in [5.74, 6) is -0.180. The number of aliphatic hydroxyl groups is 1. The zero-order chi connectivity index (χ0) is 14.3. The molecule has 1 fully saturated rings. The predicted molar refractivity (Wildman–Crippen MR) is 77.3 cm³/mol. The van der Waals surface area contributed by atoms with E-state index in [0.29, 0.717) is 36.4 Å². The minimum absolute atomic E-state index is 0.180. The molecule has 20 heavy (non-hydrogen) atoms. The SMILES string of the molecule is CCC1(O)CN(C(=O)c2cc(N)c3ccccc3n2)C1. The largest absolute Gasteiger partial charge is 0.398 e. The van der Waals surface area contributed by atoms with Crippen LogP contribution < -0.4 is 5.73 Å². The number of para-hydroxylation sites is 1. The van der Waals surface area contributed by atoms with Gasteiger partial charge in [0.1, 0.15) is 5.69 Å². The average Bonchev–Trinajstić information content (AvgIpc) is 2.43. The number of β-amino-alcohol motifs (C(OH)–C–C–N with tert-alkyl or cyclic N) is 1. The molecule has 0 atom stereocenters. The molecule has 1 aliphatic rings. The third kappa shape index (κ3) is 2.00. The maximum Gasteiger partial charge on any atom is 0.272 e. The van der Waals surface area contributed by atoms with Crippen molar-refractivity contribution < 1.29 is 9.90 Å². The first-order chi connectivity index (χ1) is 9.52. The second kappa shape index (κ2) is 4.45. The normalized spacial score (nSPS) is 17.0. The first-order valence-electron chi connectivity index (χ1n) is 6.69. The molecular formula is C15H17N3O2. The molecule has 0 saturated carbocycles. The van der Waals surface area contributed by atoms with Crippen LogP contribution in [-0.2, 0) is 0 Å². The Morgan fingerprint density at radius 2 is 2.15 bits per heavy atom. The van der Waals surface area contributed by atoms with Crippen molar-refractivity contribution in [1.82, 2.24) is 9.88 Å². The van der Waals surface area contributed by atoms with Gasteiger partial charge in [-0.2, -0.15) is 0 Å². The van der Waals surface area contributed by atoms with Crippen LogP contribution in [0.4, 0.5) is 5.69 Å². The van der Waals surface area contributed by atoms with Crippen LogP contribution >= 0.6 is 0 Å². The molecule has 0 radical (unpaired) electrons. The van der Waals surface area contributed by atoms with Crippen LogP contribution in [-0.4, -0.2) is 39.6 Å². The molecule has 1 amide bonds. The Morgan fingerprint density at radius 3 is 2.85 bits per heavy atom. The third-order valence-corrected chi connectivity index (χ3v) is 3.88. The number of nitrogen functional groups attached to an aromatic ring is 1. The number of anilines is 1. The second-order valence-corrected chi connectivity index (χ2v) is 5.35. The lowest BCUT2D eigenvalue weighted by molar-refractivity contribution is -0.0828. The summed E-state index contributed by atoms with van der Waals surface area (Å²) in [4.78, 5) is 18.3. The molecule has 104 valence electrons. The Hall–Kier alpha value is -2.14. The topological polar surface area (TPSA) is 79.5 Å². The number of amides is 1. The van der Waals surface area contributed by atoms with Crippen LogP contribution in [0.15, 0.2) is 30.3 Å². The molecule has 1 saturated heterocycles. The van der Waals surface area contributed by atoms with Crippen molar-refractivity contribution in [2.24, 2.45) is 0 Å². The van der Waals surface area contributed by atoms with Crippen LogP contribution in [0.3, 0.4) is 0 Å². The highest BCUT2D eigenvalue weighted by atomic mass is 16.3. The molecule has 0 unspecified atom stereocenters. The Balaban J connectivity index is 1.90. The summed E-state index contributed by atoms with van der Waals surface area (Å²) in [6, 6.07) is 9.07. The van der Waals surface area contributed by atoms with Crippen LogP contribution in [0.5, 0.6) is 0 Å². The van der Waals surface area contributed by atoms with Crippen molar-refractivity contribution in [2.75, 3.05) is 18.8 Å². The number of hydrogen-bond donors (Lipinski definition) is 2. The van der Waals surface area contributed by atoms with Crippen molar-refractivity contribution in [3.05, 3.63) is 36.0 Å². The molecule has 3 rings (SSSR count). The van der Waals surface area contributed by atoms with Gasteiger partial charge in [0, 0.05) is 11.1 Å². The van der Waals surface area contributed by atoms with Crippen LogP contribution in [0.1, 0.15) is 23.8 Å². The van der Waals surface area contributed by atoms with E-state index < -0.39 is 5.60 Å². The van der Waals surface area contributed by atoms with E-state index in [0.717, 1.165) is 5.39 Å². The fourth-order valence-electron chi connectivity index (χ4n) is 2.51. The summed E-state index contributed by atoms with van der Waals surface area (Å²) >= 11 is 0. The summed E-state index contributed by atoms with van der Waals surface area (Å²) in [5.41, 5.74) is 6.83. The number of likely N-dealkylation sites (tertiary alicyclic amines) is 1. The molecule has 1 aliphatic heterocycles. The standard InChI is InChI=1S/C15H17N3O2/c1-2-15(20)8-18(9-15)14(19)13-7-11(16)10-5-3-4-6-12(10)17-13/h3-7,20H,2,8-9H2,1H3,(H2,16,17). The van der Waals surface area contributed by atoms with Gasteiger partial charge in [-0.1, -0.05) is 25.1 Å². The fourth-order valence-corrected chi connectivity index (χ4v) is 2.51. The Morgan fingerprint density at radius 1 is 1.45 bits per heavy atom. The summed E-state index contributed by atoms with van der Waals surface area (Å²) in [6.45, 7) is 2.63. The quantitative estimate of drug-likeness (QED) is 0.865. The van der Waals surface area contributed by atoms with Crippen LogP contribution in [0, 0.1) is 0 Å². The van der Waals surface area contributed by atoms with Crippen molar-refractivity contribution in [2.45, 2.75) is 18.9 Å². The molecular weight excluding hydrogens is 254 g/mol. The van der Waals surface area contributed by atoms with Crippen LogP contribution in [0.2, 0.25) is 0 Å². The number of carbonyl (C=O) groups is 1. The van der Waals surface area contributed by atoms with E-state index >= 15 is 0 Å². The number of nitrogens with zero attached hydrogens (tertiary/aromatic N) is 2. The second-order valence-electron chi connectivity index (χ2n) is 5.35. The first kappa shape index (κ1) is 12.9. The van der Waals surface area contributed by atoms with Crippen LogP contribution in [0.25, 0.3) is 10.9 Å². The van der Waals surface area contributed by atoms with Gasteiger partial charge in [-0.05, 0) is 18.6 Å². The minimum atomic E-state index is -0.738. The van der Waals surface area contributed by atoms with Crippen molar-refractivity contribution in [1.29, 1.82) is 0 Å². The van der Waals surface area contributed by atoms with Gasteiger partial charge in [0.25, 0.3) is 5.91 Å². The van der Waals surface area contributed by atoms with Gasteiger partial charge in [-0.15, -0.1) is 0 Å². The zero-order valence-electron chi connectivity index (χ0n) is 11.3. The Kier molecular flexibility index (Phi) is 2.87. The third-order valence-electron chi connectivity index (χ3n) is 3.88. The summed E-state index contributed by atoms with van der Waals surface area (Å²) in [5, 5.41) is 10.8. The van der Waals surface area contributed by atoms with Gasteiger partial charge in [0.05, 0.1) is 24.2 Å². The number of carbonyl (C=O) groups excluding carboxylic acids is 1. The number of hydrogen-bond acceptors (Lipinski definition) is 4. The molecule has 3 N–H and O–H groups in total. The summed E-state index contributed by atoms with van der Waals surface area (Å²) in [6.07, 6.45) is 0.643. The molecule has 5 heteroatoms. The highest BCUT2D eigenvalue weighted by Crippen LogP contribution is 2.27. The maximum atomic E-state index is 12.3. The van der Waals surface area contributed by atoms with E-state index in [-0.39, 0.29) is 5.91 Å². The smallest absolute Gasteiger partial charge is 0.272 e. The zero-order valence-corrected chi connectivity index (χ0v) is 11.3. The van der Waals surface area contributed by atoms with E-state index in [4.69, 9.17) is 5.73 Å². The van der Waals surface area contributed by atoms with Gasteiger partial charge in [0.2, 0.25) is 0 Å². The highest BCUT2D eigenvalue weighted by molar-refractivity contribution is 5.99. The number of rotatable bonds is 2. The van der Waals surface area contributed by atoms with E-state index in [2.05, 4.69) is 4.98 Å². The van der Waals surface area contributed by atoms with Gasteiger partial charge in [-0.25, -0.2) is 4.98 Å². The van der Waals surface area contributed by atoms with Crippen molar-refractivity contribution in [3.8, 4) is 0 Å². The van der Waals surface area contributed by atoms with Crippen molar-refractivity contribution >= 4 is 22.5 Å². The average molecular weight is 271 g/mol. The van der Waals surface area contributed by atoms with Gasteiger partial charge < -0.3 is 15.7 Å². The first-order valence-corrected chi connectivity index (χ1v) is 6.69. The maximum absolute atomic E-state index is 12.3. The lowest BCUT2D eigenvalue weighted by Gasteiger charge is -2.45. The molecule has 2 heterocycles. The van der Waals surface area contributed by atoms with Crippen molar-refractivity contribution in [3.63, 3.8) is 0 Å². The lowest BCUT2D eigenvalue weighted by Crippen LogP contribution is -2.63.